The molecule has 0 amide bonds. The quantitative estimate of drug-likeness (QED) is 0.212. The van der Waals surface area contributed by atoms with Gasteiger partial charge in [0.2, 0.25) is 10.0 Å². The first-order chi connectivity index (χ1) is 11.2. The molecule has 0 spiro atoms. The lowest BCUT2D eigenvalue weighted by Crippen LogP contribution is -2.39. The molecule has 144 valence electrons. The molecule has 0 aromatic heterocycles. The van der Waals surface area contributed by atoms with Gasteiger partial charge in [-0.15, -0.1) is 24.0 Å². The SMILES string of the molecule is CCNC(=NCCCNS(C)(=O)=O)NC(C)c1ccc(Cl)cc1Cl.I. The Labute approximate surface area is 177 Å². The van der Waals surface area contributed by atoms with Crippen LogP contribution in [0.25, 0.3) is 0 Å². The van der Waals surface area contributed by atoms with Crippen LogP contribution in [0.3, 0.4) is 0 Å². The molecular formula is C15H25Cl2IN4O2S. The predicted molar refractivity (Wildman–Crippen MR) is 117 cm³/mol. The van der Waals surface area contributed by atoms with Gasteiger partial charge in [-0.25, -0.2) is 13.1 Å². The van der Waals surface area contributed by atoms with Crippen LogP contribution in [0, 0.1) is 0 Å². The van der Waals surface area contributed by atoms with E-state index in [1.807, 2.05) is 19.9 Å². The van der Waals surface area contributed by atoms with E-state index in [1.165, 1.54) is 0 Å². The maximum Gasteiger partial charge on any atom is 0.208 e. The van der Waals surface area contributed by atoms with Crippen molar-refractivity contribution in [3.05, 3.63) is 33.8 Å². The summed E-state index contributed by atoms with van der Waals surface area (Å²) >= 11 is 12.1. The summed E-state index contributed by atoms with van der Waals surface area (Å²) in [7, 11) is -3.15. The third kappa shape index (κ3) is 10.4. The summed E-state index contributed by atoms with van der Waals surface area (Å²) in [6, 6.07) is 5.32. The second kappa shape index (κ2) is 12.2. The van der Waals surface area contributed by atoms with E-state index in [1.54, 1.807) is 12.1 Å². The molecule has 0 aliphatic rings. The Hall–Kier alpha value is -0.290. The minimum atomic E-state index is -3.15. The minimum Gasteiger partial charge on any atom is -0.357 e. The molecule has 1 unspecified atom stereocenters. The molecule has 0 saturated heterocycles. The first-order valence-electron chi connectivity index (χ1n) is 7.67. The molecule has 6 nitrogen and oxygen atoms in total. The van der Waals surface area contributed by atoms with Crippen LogP contribution < -0.4 is 15.4 Å². The normalized spacial score (nSPS) is 13.1. The van der Waals surface area contributed by atoms with Crippen molar-refractivity contribution < 1.29 is 8.42 Å². The van der Waals surface area contributed by atoms with Gasteiger partial charge in [0, 0.05) is 29.7 Å². The second-order valence-electron chi connectivity index (χ2n) is 5.31. The molecule has 0 saturated carbocycles. The summed E-state index contributed by atoms with van der Waals surface area (Å²) in [5.41, 5.74) is 0.922. The van der Waals surface area contributed by atoms with E-state index >= 15 is 0 Å². The summed E-state index contributed by atoms with van der Waals surface area (Å²) in [5, 5.41) is 7.61. The number of hydrogen-bond donors (Lipinski definition) is 3. The summed E-state index contributed by atoms with van der Waals surface area (Å²) in [6.07, 6.45) is 1.75. The number of guanidine groups is 1. The molecule has 25 heavy (non-hydrogen) atoms. The van der Waals surface area contributed by atoms with Crippen LogP contribution in [0.1, 0.15) is 31.9 Å². The summed E-state index contributed by atoms with van der Waals surface area (Å²) in [4.78, 5) is 4.44. The highest BCUT2D eigenvalue weighted by Gasteiger charge is 2.11. The van der Waals surface area contributed by atoms with Gasteiger partial charge in [0.05, 0.1) is 12.3 Å². The molecule has 1 aromatic rings. The van der Waals surface area contributed by atoms with Gasteiger partial charge in [0.25, 0.3) is 0 Å². The van der Waals surface area contributed by atoms with Crippen molar-refractivity contribution in [3.8, 4) is 0 Å². The number of nitrogens with zero attached hydrogens (tertiary/aromatic N) is 1. The smallest absolute Gasteiger partial charge is 0.208 e. The van der Waals surface area contributed by atoms with Gasteiger partial charge in [-0.05, 0) is 38.0 Å². The van der Waals surface area contributed by atoms with Crippen LogP contribution >= 0.6 is 47.2 Å². The van der Waals surface area contributed by atoms with E-state index in [2.05, 4.69) is 20.3 Å². The Kier molecular flexibility index (Phi) is 12.0. The largest absolute Gasteiger partial charge is 0.357 e. The maximum absolute atomic E-state index is 11.0. The lowest BCUT2D eigenvalue weighted by molar-refractivity contribution is 0.585. The van der Waals surface area contributed by atoms with Crippen LogP contribution in [0.4, 0.5) is 0 Å². The zero-order valence-corrected chi connectivity index (χ0v) is 19.1. The summed E-state index contributed by atoms with van der Waals surface area (Å²) in [5.74, 6) is 0.648. The average Bonchev–Trinajstić information content (AvgIpc) is 2.45. The number of rotatable bonds is 8. The molecule has 10 heteroatoms. The molecule has 1 rings (SSSR count). The van der Waals surface area contributed by atoms with Crippen LogP contribution in [0.15, 0.2) is 23.2 Å². The lowest BCUT2D eigenvalue weighted by Gasteiger charge is -2.19. The topological polar surface area (TPSA) is 82.6 Å². The van der Waals surface area contributed by atoms with Crippen molar-refractivity contribution in [1.82, 2.24) is 15.4 Å². The number of hydrogen-bond acceptors (Lipinski definition) is 3. The van der Waals surface area contributed by atoms with Gasteiger partial charge in [-0.3, -0.25) is 4.99 Å². The average molecular weight is 523 g/mol. The van der Waals surface area contributed by atoms with Crippen LogP contribution in [0.5, 0.6) is 0 Å². The molecule has 3 N–H and O–H groups in total. The first kappa shape index (κ1) is 24.7. The molecule has 0 heterocycles. The van der Waals surface area contributed by atoms with Crippen molar-refractivity contribution >= 4 is 63.2 Å². The fourth-order valence-electron chi connectivity index (χ4n) is 1.98. The first-order valence-corrected chi connectivity index (χ1v) is 10.3. The zero-order chi connectivity index (χ0) is 18.2. The summed E-state index contributed by atoms with van der Waals surface area (Å²) < 4.78 is 24.4. The van der Waals surface area contributed by atoms with E-state index in [9.17, 15) is 8.42 Å². The van der Waals surface area contributed by atoms with Gasteiger partial charge in [0.1, 0.15) is 0 Å². The monoisotopic (exact) mass is 522 g/mol. The van der Waals surface area contributed by atoms with Crippen LogP contribution in [0.2, 0.25) is 10.0 Å². The van der Waals surface area contributed by atoms with E-state index in [0.29, 0.717) is 42.1 Å². The third-order valence-corrected chi connectivity index (χ3v) is 4.39. The highest BCUT2D eigenvalue weighted by molar-refractivity contribution is 14.0. The Morgan fingerprint density at radius 2 is 2.00 bits per heavy atom. The van der Waals surface area contributed by atoms with Crippen molar-refractivity contribution in [2.24, 2.45) is 4.99 Å². The highest BCUT2D eigenvalue weighted by Crippen LogP contribution is 2.25. The van der Waals surface area contributed by atoms with Crippen molar-refractivity contribution in [2.75, 3.05) is 25.9 Å². The molecule has 0 aliphatic carbocycles. The zero-order valence-electron chi connectivity index (χ0n) is 14.5. The maximum atomic E-state index is 11.0. The molecule has 1 aromatic carbocycles. The third-order valence-electron chi connectivity index (χ3n) is 3.10. The van der Waals surface area contributed by atoms with E-state index in [-0.39, 0.29) is 30.0 Å². The fraction of sp³-hybridized carbons (Fsp3) is 0.533. The van der Waals surface area contributed by atoms with Gasteiger partial charge in [0.15, 0.2) is 5.96 Å². The Morgan fingerprint density at radius 1 is 1.32 bits per heavy atom. The highest BCUT2D eigenvalue weighted by atomic mass is 127. The molecule has 0 bridgehead atoms. The van der Waals surface area contributed by atoms with E-state index < -0.39 is 10.0 Å². The van der Waals surface area contributed by atoms with E-state index in [0.717, 1.165) is 11.8 Å². The molecule has 0 fully saturated rings. The molecule has 1 atom stereocenters. The number of sulfonamides is 1. The second-order valence-corrected chi connectivity index (χ2v) is 7.99. The van der Waals surface area contributed by atoms with Gasteiger partial charge < -0.3 is 10.6 Å². The predicted octanol–water partition coefficient (Wildman–Crippen LogP) is 3.17. The van der Waals surface area contributed by atoms with E-state index in [4.69, 9.17) is 23.2 Å². The standard InChI is InChI=1S/C15H24Cl2N4O2S.HI/c1-4-18-15(19-8-5-9-20-24(3,22)23)21-11(2)13-7-6-12(16)10-14(13)17;/h6-7,10-11,20H,4-5,8-9H2,1-3H3,(H2,18,19,21);1H. The number of nitrogens with one attached hydrogen (secondary N) is 3. The van der Waals surface area contributed by atoms with Crippen LogP contribution in [-0.2, 0) is 10.0 Å². The summed E-state index contributed by atoms with van der Waals surface area (Å²) in [6.45, 7) is 5.53. The van der Waals surface area contributed by atoms with Crippen molar-refractivity contribution in [3.63, 3.8) is 0 Å². The lowest BCUT2D eigenvalue weighted by atomic mass is 10.1. The Morgan fingerprint density at radius 3 is 2.56 bits per heavy atom. The number of halogens is 3. The molecule has 0 radical (unpaired) electrons. The fourth-order valence-corrected chi connectivity index (χ4v) is 3.07. The Bertz CT molecular complexity index is 671. The molecular weight excluding hydrogens is 498 g/mol. The minimum absolute atomic E-state index is 0. The van der Waals surface area contributed by atoms with Crippen LogP contribution in [-0.4, -0.2) is 40.3 Å². The molecule has 0 aliphatic heterocycles. The number of benzene rings is 1. The number of aliphatic imine (C=N–C) groups is 1. The van der Waals surface area contributed by atoms with Gasteiger partial charge in [-0.1, -0.05) is 29.3 Å². The van der Waals surface area contributed by atoms with Crippen molar-refractivity contribution in [2.45, 2.75) is 26.3 Å². The Balaban J connectivity index is 0.00000576. The van der Waals surface area contributed by atoms with Crippen molar-refractivity contribution in [1.29, 1.82) is 0 Å². The van der Waals surface area contributed by atoms with Gasteiger partial charge in [-0.2, -0.15) is 0 Å². The van der Waals surface area contributed by atoms with Gasteiger partial charge >= 0.3 is 0 Å².